The standard InChI is InChI=1S/C18H22N4O3S/c1-26(24,25)16-5-3-2-4-15(16)22-12-13(11-20-22)21-17(23)14-10-18(14)6-8-19-9-7-18/h2-5,11-12,14,19H,6-10H2,1H3,(H,21,23). The number of hydrogen-bond donors (Lipinski definition) is 2. The molecule has 1 aromatic carbocycles. The van der Waals surface area contributed by atoms with Gasteiger partial charge in [0.05, 0.1) is 28.7 Å². The maximum Gasteiger partial charge on any atom is 0.228 e. The Balaban J connectivity index is 1.50. The van der Waals surface area contributed by atoms with E-state index in [0.717, 1.165) is 32.4 Å². The highest BCUT2D eigenvalue weighted by atomic mass is 32.2. The summed E-state index contributed by atoms with van der Waals surface area (Å²) in [6, 6.07) is 6.68. The molecule has 1 unspecified atom stereocenters. The molecule has 138 valence electrons. The van der Waals surface area contributed by atoms with E-state index in [4.69, 9.17) is 0 Å². The first-order valence-electron chi connectivity index (χ1n) is 8.75. The van der Waals surface area contributed by atoms with E-state index in [1.807, 2.05) is 0 Å². The SMILES string of the molecule is CS(=O)(=O)c1ccccc1-n1cc(NC(=O)C2CC23CCNCC3)cn1. The maximum atomic E-state index is 12.6. The number of hydrogen-bond acceptors (Lipinski definition) is 5. The summed E-state index contributed by atoms with van der Waals surface area (Å²) in [6.45, 7) is 1.95. The van der Waals surface area contributed by atoms with Crippen LogP contribution >= 0.6 is 0 Å². The average Bonchev–Trinajstić information content (AvgIpc) is 3.10. The lowest BCUT2D eigenvalue weighted by Crippen LogP contribution is -2.31. The second-order valence-electron chi connectivity index (χ2n) is 7.27. The van der Waals surface area contributed by atoms with Crippen LogP contribution in [0, 0.1) is 11.3 Å². The fourth-order valence-electron chi connectivity index (χ4n) is 3.90. The highest BCUT2D eigenvalue weighted by Gasteiger charge is 2.57. The lowest BCUT2D eigenvalue weighted by molar-refractivity contribution is -0.118. The van der Waals surface area contributed by atoms with E-state index in [1.165, 1.54) is 10.9 Å². The second-order valence-corrected chi connectivity index (χ2v) is 9.26. The van der Waals surface area contributed by atoms with Gasteiger partial charge in [-0.1, -0.05) is 12.1 Å². The zero-order valence-corrected chi connectivity index (χ0v) is 15.4. The van der Waals surface area contributed by atoms with E-state index >= 15 is 0 Å². The highest BCUT2D eigenvalue weighted by molar-refractivity contribution is 7.90. The number of carbonyl (C=O) groups excluding carboxylic acids is 1. The lowest BCUT2D eigenvalue weighted by atomic mass is 9.92. The zero-order chi connectivity index (χ0) is 18.4. The molecule has 1 aliphatic carbocycles. The van der Waals surface area contributed by atoms with Crippen molar-refractivity contribution in [3.63, 3.8) is 0 Å². The van der Waals surface area contributed by atoms with Crippen molar-refractivity contribution in [2.75, 3.05) is 24.7 Å². The van der Waals surface area contributed by atoms with Gasteiger partial charge in [-0.05, 0) is 49.9 Å². The van der Waals surface area contributed by atoms with Crippen molar-refractivity contribution in [1.29, 1.82) is 0 Å². The van der Waals surface area contributed by atoms with Crippen LogP contribution in [0.15, 0.2) is 41.6 Å². The Labute approximate surface area is 152 Å². The van der Waals surface area contributed by atoms with E-state index in [0.29, 0.717) is 11.4 Å². The van der Waals surface area contributed by atoms with Crippen molar-refractivity contribution in [3.05, 3.63) is 36.7 Å². The van der Waals surface area contributed by atoms with Gasteiger partial charge in [0.15, 0.2) is 9.84 Å². The van der Waals surface area contributed by atoms with Crippen molar-refractivity contribution < 1.29 is 13.2 Å². The summed E-state index contributed by atoms with van der Waals surface area (Å²) in [5, 5.41) is 10.5. The minimum Gasteiger partial charge on any atom is -0.323 e. The Morgan fingerprint density at radius 1 is 1.31 bits per heavy atom. The highest BCUT2D eigenvalue weighted by Crippen LogP contribution is 2.58. The average molecular weight is 374 g/mol. The molecule has 0 bridgehead atoms. The van der Waals surface area contributed by atoms with Gasteiger partial charge in [0, 0.05) is 12.2 Å². The number of nitrogens with one attached hydrogen (secondary N) is 2. The van der Waals surface area contributed by atoms with Gasteiger partial charge in [0.25, 0.3) is 0 Å². The van der Waals surface area contributed by atoms with Crippen LogP contribution in [-0.4, -0.2) is 43.5 Å². The predicted octanol–water partition coefficient (Wildman–Crippen LogP) is 1.60. The van der Waals surface area contributed by atoms with Crippen molar-refractivity contribution >= 4 is 21.4 Å². The van der Waals surface area contributed by atoms with Crippen LogP contribution < -0.4 is 10.6 Å². The molecule has 1 spiro atoms. The van der Waals surface area contributed by atoms with Crippen LogP contribution in [0.4, 0.5) is 5.69 Å². The summed E-state index contributed by atoms with van der Waals surface area (Å²) in [6.07, 6.45) is 7.42. The van der Waals surface area contributed by atoms with Crippen molar-refractivity contribution in [2.45, 2.75) is 24.2 Å². The van der Waals surface area contributed by atoms with Gasteiger partial charge in [0.2, 0.25) is 5.91 Å². The van der Waals surface area contributed by atoms with Crippen LogP contribution in [0.5, 0.6) is 0 Å². The third kappa shape index (κ3) is 3.14. The number of aromatic nitrogens is 2. The molecule has 1 atom stereocenters. The van der Waals surface area contributed by atoms with E-state index in [2.05, 4.69) is 15.7 Å². The normalized spacial score (nSPS) is 21.5. The first-order valence-corrected chi connectivity index (χ1v) is 10.6. The van der Waals surface area contributed by atoms with E-state index in [1.54, 1.807) is 36.7 Å². The van der Waals surface area contributed by atoms with Crippen LogP contribution in [0.3, 0.4) is 0 Å². The summed E-state index contributed by atoms with van der Waals surface area (Å²) in [7, 11) is -3.37. The second kappa shape index (κ2) is 6.21. The molecule has 2 aliphatic rings. The van der Waals surface area contributed by atoms with E-state index in [9.17, 15) is 13.2 Å². The molecule has 1 amide bonds. The molecular formula is C18H22N4O3S. The molecule has 7 nitrogen and oxygen atoms in total. The first kappa shape index (κ1) is 17.2. The number of rotatable bonds is 4. The number of sulfone groups is 1. The van der Waals surface area contributed by atoms with Gasteiger partial charge in [-0.2, -0.15) is 5.10 Å². The fourth-order valence-corrected chi connectivity index (χ4v) is 4.77. The Kier molecular flexibility index (Phi) is 4.11. The minimum atomic E-state index is -3.37. The van der Waals surface area contributed by atoms with Gasteiger partial charge in [-0.3, -0.25) is 4.79 Å². The van der Waals surface area contributed by atoms with Gasteiger partial charge < -0.3 is 10.6 Å². The summed E-state index contributed by atoms with van der Waals surface area (Å²) in [4.78, 5) is 12.8. The number of anilines is 1. The molecule has 26 heavy (non-hydrogen) atoms. The van der Waals surface area contributed by atoms with Crippen LogP contribution in [0.2, 0.25) is 0 Å². The number of benzene rings is 1. The Bertz CT molecular complexity index is 945. The Morgan fingerprint density at radius 3 is 2.77 bits per heavy atom. The molecule has 8 heteroatoms. The molecule has 1 aromatic heterocycles. The molecular weight excluding hydrogens is 352 g/mol. The summed E-state index contributed by atoms with van der Waals surface area (Å²) in [5.41, 5.74) is 1.22. The van der Waals surface area contributed by atoms with E-state index in [-0.39, 0.29) is 22.1 Å². The largest absolute Gasteiger partial charge is 0.323 e. The number of para-hydroxylation sites is 1. The van der Waals surface area contributed by atoms with Gasteiger partial charge in [-0.15, -0.1) is 0 Å². The molecule has 2 fully saturated rings. The number of carbonyl (C=O) groups is 1. The quantitative estimate of drug-likeness (QED) is 0.848. The van der Waals surface area contributed by atoms with Crippen LogP contribution in [0.25, 0.3) is 5.69 Å². The van der Waals surface area contributed by atoms with Gasteiger partial charge in [-0.25, -0.2) is 13.1 Å². The zero-order valence-electron chi connectivity index (χ0n) is 14.6. The van der Waals surface area contributed by atoms with Gasteiger partial charge >= 0.3 is 0 Å². The molecule has 0 radical (unpaired) electrons. The lowest BCUT2D eigenvalue weighted by Gasteiger charge is -2.23. The number of nitrogens with zero attached hydrogens (tertiary/aromatic N) is 2. The number of piperidine rings is 1. The molecule has 1 saturated carbocycles. The topological polar surface area (TPSA) is 93.1 Å². The third-order valence-corrected chi connectivity index (χ3v) is 6.61. The van der Waals surface area contributed by atoms with Crippen molar-refractivity contribution in [2.24, 2.45) is 11.3 Å². The van der Waals surface area contributed by atoms with Crippen LogP contribution in [-0.2, 0) is 14.6 Å². The summed E-state index contributed by atoms with van der Waals surface area (Å²) in [5.74, 6) is 0.0964. The van der Waals surface area contributed by atoms with E-state index < -0.39 is 9.84 Å². The Hall–Kier alpha value is -2.19. The molecule has 1 saturated heterocycles. The van der Waals surface area contributed by atoms with Crippen molar-refractivity contribution in [1.82, 2.24) is 15.1 Å². The van der Waals surface area contributed by atoms with Gasteiger partial charge in [0.1, 0.15) is 0 Å². The molecule has 1 aliphatic heterocycles. The maximum absolute atomic E-state index is 12.6. The first-order chi connectivity index (χ1) is 12.4. The summed E-state index contributed by atoms with van der Waals surface area (Å²) >= 11 is 0. The predicted molar refractivity (Wildman–Crippen MR) is 97.9 cm³/mol. The molecule has 2 aromatic rings. The van der Waals surface area contributed by atoms with Crippen molar-refractivity contribution in [3.8, 4) is 5.69 Å². The monoisotopic (exact) mass is 374 g/mol. The Morgan fingerprint density at radius 2 is 2.04 bits per heavy atom. The molecule has 2 N–H and O–H groups in total. The molecule has 2 heterocycles. The van der Waals surface area contributed by atoms with Crippen LogP contribution in [0.1, 0.15) is 19.3 Å². The summed E-state index contributed by atoms with van der Waals surface area (Å²) < 4.78 is 25.4. The third-order valence-electron chi connectivity index (χ3n) is 5.47. The number of amides is 1. The molecule has 4 rings (SSSR count). The smallest absolute Gasteiger partial charge is 0.228 e. The fraction of sp³-hybridized carbons (Fsp3) is 0.444. The minimum absolute atomic E-state index is 0.0304.